The first-order valence-corrected chi connectivity index (χ1v) is 8.27. The highest BCUT2D eigenvalue weighted by Crippen LogP contribution is 2.35. The molecule has 3 unspecified atom stereocenters. The molecule has 0 amide bonds. The smallest absolute Gasteiger partial charge is 0.123 e. The Hall–Kier alpha value is -1.22. The molecular weight excluding hydrogens is 262 g/mol. The van der Waals surface area contributed by atoms with Crippen LogP contribution in [0.4, 0.5) is 0 Å². The number of nitrogens with one attached hydrogen (secondary N) is 1. The van der Waals surface area contributed by atoms with Gasteiger partial charge in [-0.25, -0.2) is 0 Å². The Balaban J connectivity index is 1.71. The minimum Gasteiger partial charge on any atom is -0.496 e. The predicted molar refractivity (Wildman–Crippen MR) is 85.0 cm³/mol. The third-order valence-corrected chi connectivity index (χ3v) is 4.97. The van der Waals surface area contributed by atoms with E-state index in [9.17, 15) is 0 Å². The van der Waals surface area contributed by atoms with Gasteiger partial charge in [0, 0.05) is 30.1 Å². The van der Waals surface area contributed by atoms with Crippen LogP contribution < -0.4 is 14.8 Å². The van der Waals surface area contributed by atoms with E-state index < -0.39 is 0 Å². The molecule has 3 nitrogen and oxygen atoms in total. The Morgan fingerprint density at radius 3 is 2.81 bits per heavy atom. The molecule has 116 valence electrons. The molecule has 1 aliphatic carbocycles. The second-order valence-corrected chi connectivity index (χ2v) is 6.65. The number of benzene rings is 1. The zero-order chi connectivity index (χ0) is 14.8. The quantitative estimate of drug-likeness (QED) is 0.917. The summed E-state index contributed by atoms with van der Waals surface area (Å²) in [5, 5.41) is 3.73. The van der Waals surface area contributed by atoms with Gasteiger partial charge in [0.1, 0.15) is 17.6 Å². The van der Waals surface area contributed by atoms with Crippen molar-refractivity contribution >= 4 is 0 Å². The van der Waals surface area contributed by atoms with E-state index in [4.69, 9.17) is 9.47 Å². The van der Waals surface area contributed by atoms with Crippen molar-refractivity contribution < 1.29 is 9.47 Å². The Morgan fingerprint density at radius 2 is 2.05 bits per heavy atom. The van der Waals surface area contributed by atoms with Crippen LogP contribution in [0.2, 0.25) is 0 Å². The molecule has 1 aliphatic heterocycles. The van der Waals surface area contributed by atoms with Crippen molar-refractivity contribution in [2.24, 2.45) is 5.92 Å². The van der Waals surface area contributed by atoms with Gasteiger partial charge in [-0.1, -0.05) is 19.8 Å². The van der Waals surface area contributed by atoms with Crippen LogP contribution in [0.15, 0.2) is 12.1 Å². The van der Waals surface area contributed by atoms with E-state index in [0.717, 1.165) is 30.4 Å². The van der Waals surface area contributed by atoms with E-state index in [2.05, 4.69) is 31.3 Å². The molecule has 0 radical (unpaired) electrons. The van der Waals surface area contributed by atoms with Crippen LogP contribution in [0, 0.1) is 5.92 Å². The number of fused-ring (bicyclic) bond motifs is 1. The third kappa shape index (κ3) is 3.18. The third-order valence-electron chi connectivity index (χ3n) is 4.97. The lowest BCUT2D eigenvalue weighted by Crippen LogP contribution is -2.36. The van der Waals surface area contributed by atoms with E-state index in [0.29, 0.717) is 6.04 Å². The van der Waals surface area contributed by atoms with Crippen molar-refractivity contribution in [3.8, 4) is 11.5 Å². The fraction of sp³-hybridized carbons (Fsp3) is 0.667. The lowest BCUT2D eigenvalue weighted by molar-refractivity contribution is 0.254. The Bertz CT molecular complexity index is 500. The molecule has 0 bridgehead atoms. The van der Waals surface area contributed by atoms with Gasteiger partial charge in [-0.15, -0.1) is 0 Å². The predicted octanol–water partition coefficient (Wildman–Crippen LogP) is 3.69. The molecule has 1 aromatic carbocycles. The SMILES string of the molecule is COc1cc2c(cc1CNC1CCCCC1C)OC(C)C2. The number of hydrogen-bond donors (Lipinski definition) is 1. The van der Waals surface area contributed by atoms with Gasteiger partial charge < -0.3 is 14.8 Å². The molecule has 3 atom stereocenters. The number of rotatable bonds is 4. The minimum atomic E-state index is 0.284. The molecule has 3 heteroatoms. The monoisotopic (exact) mass is 289 g/mol. The molecule has 1 heterocycles. The minimum absolute atomic E-state index is 0.284. The highest BCUT2D eigenvalue weighted by Gasteiger charge is 2.23. The number of hydrogen-bond acceptors (Lipinski definition) is 3. The van der Waals surface area contributed by atoms with E-state index in [1.54, 1.807) is 7.11 Å². The summed E-state index contributed by atoms with van der Waals surface area (Å²) >= 11 is 0. The summed E-state index contributed by atoms with van der Waals surface area (Å²) in [6.45, 7) is 5.35. The van der Waals surface area contributed by atoms with Crippen molar-refractivity contribution in [2.75, 3.05) is 7.11 Å². The van der Waals surface area contributed by atoms with Gasteiger partial charge in [-0.3, -0.25) is 0 Å². The van der Waals surface area contributed by atoms with Crippen LogP contribution >= 0.6 is 0 Å². The van der Waals surface area contributed by atoms with Crippen LogP contribution in [0.3, 0.4) is 0 Å². The van der Waals surface area contributed by atoms with Gasteiger partial charge in [0.2, 0.25) is 0 Å². The van der Waals surface area contributed by atoms with Crippen molar-refractivity contribution in [2.45, 2.75) is 64.6 Å². The van der Waals surface area contributed by atoms with Gasteiger partial charge in [0.05, 0.1) is 7.11 Å². The summed E-state index contributed by atoms with van der Waals surface area (Å²) in [7, 11) is 1.76. The summed E-state index contributed by atoms with van der Waals surface area (Å²) in [5.41, 5.74) is 2.48. The normalized spacial score (nSPS) is 28.0. The Morgan fingerprint density at radius 1 is 1.24 bits per heavy atom. The van der Waals surface area contributed by atoms with Crippen molar-refractivity contribution in [3.63, 3.8) is 0 Å². The molecular formula is C18H27NO2. The largest absolute Gasteiger partial charge is 0.496 e. The summed E-state index contributed by atoms with van der Waals surface area (Å²) in [4.78, 5) is 0. The Kier molecular flexibility index (Phi) is 4.39. The van der Waals surface area contributed by atoms with E-state index in [1.807, 2.05) is 0 Å². The van der Waals surface area contributed by atoms with Crippen LogP contribution in [0.25, 0.3) is 0 Å². The maximum absolute atomic E-state index is 5.88. The highest BCUT2D eigenvalue weighted by atomic mass is 16.5. The molecule has 0 spiro atoms. The zero-order valence-corrected chi connectivity index (χ0v) is 13.4. The van der Waals surface area contributed by atoms with E-state index in [-0.39, 0.29) is 6.10 Å². The number of methoxy groups -OCH3 is 1. The van der Waals surface area contributed by atoms with Crippen molar-refractivity contribution in [1.82, 2.24) is 5.32 Å². The summed E-state index contributed by atoms with van der Waals surface area (Å²) in [5.74, 6) is 2.80. The second kappa shape index (κ2) is 6.27. The molecule has 3 rings (SSSR count). The van der Waals surface area contributed by atoms with Gasteiger partial charge in [-0.05, 0) is 37.8 Å². The first-order valence-electron chi connectivity index (χ1n) is 8.27. The lowest BCUT2D eigenvalue weighted by atomic mass is 9.86. The zero-order valence-electron chi connectivity index (χ0n) is 13.4. The van der Waals surface area contributed by atoms with Gasteiger partial charge in [-0.2, -0.15) is 0 Å². The van der Waals surface area contributed by atoms with Crippen molar-refractivity contribution in [1.29, 1.82) is 0 Å². The molecule has 1 aromatic rings. The second-order valence-electron chi connectivity index (χ2n) is 6.65. The van der Waals surface area contributed by atoms with Gasteiger partial charge in [0.25, 0.3) is 0 Å². The average Bonchev–Trinajstić information content (AvgIpc) is 2.84. The summed E-state index contributed by atoms with van der Waals surface area (Å²) < 4.78 is 11.5. The maximum Gasteiger partial charge on any atom is 0.123 e. The molecule has 2 aliphatic rings. The van der Waals surface area contributed by atoms with E-state index >= 15 is 0 Å². The first kappa shape index (κ1) is 14.7. The fourth-order valence-electron chi connectivity index (χ4n) is 3.67. The highest BCUT2D eigenvalue weighted by molar-refractivity contribution is 5.48. The summed E-state index contributed by atoms with van der Waals surface area (Å²) in [6.07, 6.45) is 6.64. The maximum atomic E-state index is 5.88. The molecule has 0 aromatic heterocycles. The molecule has 1 saturated carbocycles. The molecule has 1 fully saturated rings. The fourth-order valence-corrected chi connectivity index (χ4v) is 3.67. The lowest BCUT2D eigenvalue weighted by Gasteiger charge is -2.30. The van der Waals surface area contributed by atoms with Crippen molar-refractivity contribution in [3.05, 3.63) is 23.3 Å². The molecule has 21 heavy (non-hydrogen) atoms. The van der Waals surface area contributed by atoms with Crippen LogP contribution in [0.5, 0.6) is 11.5 Å². The first-order chi connectivity index (χ1) is 10.2. The van der Waals surface area contributed by atoms with Gasteiger partial charge in [0.15, 0.2) is 0 Å². The van der Waals surface area contributed by atoms with Gasteiger partial charge >= 0.3 is 0 Å². The standard InChI is InChI=1S/C18H27NO2/c1-12-6-4-5-7-16(12)19-11-15-10-18-14(8-13(2)21-18)9-17(15)20-3/h9-10,12-13,16,19H,4-8,11H2,1-3H3. The van der Waals surface area contributed by atoms with Crippen LogP contribution in [-0.4, -0.2) is 19.3 Å². The topological polar surface area (TPSA) is 30.5 Å². The summed E-state index contributed by atoms with van der Waals surface area (Å²) in [6, 6.07) is 4.95. The van der Waals surface area contributed by atoms with Crippen LogP contribution in [0.1, 0.15) is 50.7 Å². The molecule has 1 N–H and O–H groups in total. The number of ether oxygens (including phenoxy) is 2. The van der Waals surface area contributed by atoms with Crippen LogP contribution in [-0.2, 0) is 13.0 Å². The van der Waals surface area contributed by atoms with E-state index in [1.165, 1.54) is 36.8 Å². The average molecular weight is 289 g/mol. The molecule has 0 saturated heterocycles. The Labute approximate surface area is 128 Å².